The predicted octanol–water partition coefficient (Wildman–Crippen LogP) is 4.50. The van der Waals surface area contributed by atoms with Crippen molar-refractivity contribution >= 4 is 39.0 Å². The molecule has 0 radical (unpaired) electrons. The zero-order chi connectivity index (χ0) is 21.7. The number of aryl methyl sites for hydroxylation is 1. The number of rotatable bonds is 3. The van der Waals surface area contributed by atoms with Crippen molar-refractivity contribution in [3.05, 3.63) is 51.5 Å². The summed E-state index contributed by atoms with van der Waals surface area (Å²) < 4.78 is 39.4. The van der Waals surface area contributed by atoms with Crippen LogP contribution in [0.3, 0.4) is 0 Å². The maximum absolute atomic E-state index is 13.2. The smallest absolute Gasteiger partial charge is 0.246 e. The lowest BCUT2D eigenvalue weighted by Crippen LogP contribution is -2.52. The summed E-state index contributed by atoms with van der Waals surface area (Å²) in [7, 11) is -2.30. The molecule has 4 rings (SSSR count). The van der Waals surface area contributed by atoms with Gasteiger partial charge in [-0.2, -0.15) is 4.31 Å². The van der Waals surface area contributed by atoms with Crippen LogP contribution in [0.5, 0.6) is 11.5 Å². The summed E-state index contributed by atoms with van der Waals surface area (Å²) in [5.74, 6) is 0.536. The molecule has 0 aliphatic carbocycles. The van der Waals surface area contributed by atoms with E-state index in [0.29, 0.717) is 34.9 Å². The SMILES string of the molecule is COc1ccc(C)cc1S(=O)(=O)N1CCC2(CC1)CC(=O)c1cc(Cl)cc(Cl)c1O2. The third kappa shape index (κ3) is 3.68. The summed E-state index contributed by atoms with van der Waals surface area (Å²) in [4.78, 5) is 12.9. The Morgan fingerprint density at radius 2 is 1.83 bits per heavy atom. The zero-order valence-corrected chi connectivity index (χ0v) is 18.9. The van der Waals surface area contributed by atoms with E-state index in [2.05, 4.69) is 0 Å². The number of ether oxygens (including phenoxy) is 2. The Morgan fingerprint density at radius 3 is 2.50 bits per heavy atom. The number of benzene rings is 2. The lowest BCUT2D eigenvalue weighted by atomic mass is 9.83. The van der Waals surface area contributed by atoms with E-state index in [9.17, 15) is 13.2 Å². The van der Waals surface area contributed by atoms with Gasteiger partial charge in [-0.25, -0.2) is 8.42 Å². The Bertz CT molecular complexity index is 1120. The van der Waals surface area contributed by atoms with Crippen molar-refractivity contribution in [1.82, 2.24) is 4.31 Å². The molecule has 0 unspecified atom stereocenters. The van der Waals surface area contributed by atoms with Gasteiger partial charge in [-0.1, -0.05) is 29.3 Å². The van der Waals surface area contributed by atoms with Gasteiger partial charge in [0.1, 0.15) is 22.0 Å². The Kier molecular flexibility index (Phi) is 5.51. The van der Waals surface area contributed by atoms with E-state index in [0.717, 1.165) is 5.56 Å². The van der Waals surface area contributed by atoms with E-state index in [-0.39, 0.29) is 35.2 Å². The maximum Gasteiger partial charge on any atom is 0.246 e. The number of fused-ring (bicyclic) bond motifs is 1. The first-order valence-corrected chi connectivity index (χ1v) is 11.7. The molecule has 9 heteroatoms. The molecule has 160 valence electrons. The average Bonchev–Trinajstić information content (AvgIpc) is 2.69. The van der Waals surface area contributed by atoms with E-state index in [1.165, 1.54) is 17.5 Å². The molecule has 1 fully saturated rings. The summed E-state index contributed by atoms with van der Waals surface area (Å²) in [6, 6.07) is 8.16. The highest BCUT2D eigenvalue weighted by Gasteiger charge is 2.46. The van der Waals surface area contributed by atoms with Crippen LogP contribution in [0.15, 0.2) is 35.2 Å². The highest BCUT2D eigenvalue weighted by atomic mass is 35.5. The quantitative estimate of drug-likeness (QED) is 0.661. The van der Waals surface area contributed by atoms with Gasteiger partial charge in [0.2, 0.25) is 10.0 Å². The highest BCUT2D eigenvalue weighted by molar-refractivity contribution is 7.89. The van der Waals surface area contributed by atoms with Crippen LogP contribution in [0, 0.1) is 6.92 Å². The van der Waals surface area contributed by atoms with Crippen molar-refractivity contribution in [3.8, 4) is 11.5 Å². The van der Waals surface area contributed by atoms with Crippen LogP contribution in [0.1, 0.15) is 35.2 Å². The predicted molar refractivity (Wildman–Crippen MR) is 114 cm³/mol. The van der Waals surface area contributed by atoms with Gasteiger partial charge >= 0.3 is 0 Å². The van der Waals surface area contributed by atoms with Crippen molar-refractivity contribution in [1.29, 1.82) is 0 Å². The number of ketones is 1. The van der Waals surface area contributed by atoms with E-state index in [1.807, 2.05) is 6.92 Å². The lowest BCUT2D eigenvalue weighted by Gasteiger charge is -2.43. The molecule has 1 saturated heterocycles. The van der Waals surface area contributed by atoms with Gasteiger partial charge in [0.25, 0.3) is 0 Å². The number of carbonyl (C=O) groups is 1. The van der Waals surface area contributed by atoms with Gasteiger partial charge in [0.15, 0.2) is 5.78 Å². The van der Waals surface area contributed by atoms with E-state index in [4.69, 9.17) is 32.7 Å². The van der Waals surface area contributed by atoms with Crippen LogP contribution in [0.4, 0.5) is 0 Å². The Hall–Kier alpha value is -1.80. The second kappa shape index (κ2) is 7.71. The molecule has 2 aliphatic heterocycles. The van der Waals surface area contributed by atoms with Crippen LogP contribution in [-0.4, -0.2) is 44.3 Å². The van der Waals surface area contributed by atoms with Crippen LogP contribution >= 0.6 is 23.2 Å². The van der Waals surface area contributed by atoms with E-state index >= 15 is 0 Å². The molecular formula is C21H21Cl2NO5S. The molecule has 0 bridgehead atoms. The molecule has 0 amide bonds. The first-order chi connectivity index (χ1) is 14.1. The zero-order valence-electron chi connectivity index (χ0n) is 16.6. The van der Waals surface area contributed by atoms with Crippen molar-refractivity contribution in [2.75, 3.05) is 20.2 Å². The summed E-state index contributed by atoms with van der Waals surface area (Å²) >= 11 is 12.3. The monoisotopic (exact) mass is 469 g/mol. The second-order valence-electron chi connectivity index (χ2n) is 7.71. The molecule has 0 atom stereocenters. The number of hydrogen-bond donors (Lipinski definition) is 0. The van der Waals surface area contributed by atoms with Crippen LogP contribution in [-0.2, 0) is 10.0 Å². The minimum Gasteiger partial charge on any atom is -0.495 e. The number of hydrogen-bond acceptors (Lipinski definition) is 5. The molecule has 1 spiro atoms. The lowest BCUT2D eigenvalue weighted by molar-refractivity contribution is 0.00597. The second-order valence-corrected chi connectivity index (χ2v) is 10.5. The largest absolute Gasteiger partial charge is 0.495 e. The normalized spacial score (nSPS) is 18.7. The van der Waals surface area contributed by atoms with Crippen molar-refractivity contribution in [3.63, 3.8) is 0 Å². The minimum absolute atomic E-state index is 0.0997. The summed E-state index contributed by atoms with van der Waals surface area (Å²) in [5.41, 5.74) is 0.427. The van der Waals surface area contributed by atoms with Crippen molar-refractivity contribution < 1.29 is 22.7 Å². The molecular weight excluding hydrogens is 449 g/mol. The number of nitrogens with zero attached hydrogens (tertiary/aromatic N) is 1. The average molecular weight is 470 g/mol. The third-order valence-corrected chi connectivity index (χ3v) is 8.10. The van der Waals surface area contributed by atoms with Gasteiger partial charge in [0, 0.05) is 31.0 Å². The molecule has 0 aromatic heterocycles. The number of sulfonamides is 1. The maximum atomic E-state index is 13.2. The molecule has 30 heavy (non-hydrogen) atoms. The molecule has 0 saturated carbocycles. The van der Waals surface area contributed by atoms with Gasteiger partial charge in [0.05, 0.1) is 24.1 Å². The topological polar surface area (TPSA) is 72.9 Å². The van der Waals surface area contributed by atoms with Gasteiger partial charge in [-0.15, -0.1) is 0 Å². The molecule has 6 nitrogen and oxygen atoms in total. The third-order valence-electron chi connectivity index (χ3n) is 5.68. The number of piperidine rings is 1. The molecule has 2 aromatic rings. The number of carbonyl (C=O) groups excluding carboxylic acids is 1. The first kappa shape index (κ1) is 21.4. The van der Waals surface area contributed by atoms with Gasteiger partial charge in [-0.05, 0) is 36.8 Å². The minimum atomic E-state index is -3.75. The number of methoxy groups -OCH3 is 1. The van der Waals surface area contributed by atoms with Crippen molar-refractivity contribution in [2.24, 2.45) is 0 Å². The fourth-order valence-corrected chi connectivity index (χ4v) is 6.26. The van der Waals surface area contributed by atoms with Crippen LogP contribution in [0.2, 0.25) is 10.0 Å². The van der Waals surface area contributed by atoms with Crippen LogP contribution in [0.25, 0.3) is 0 Å². The summed E-state index contributed by atoms with van der Waals surface area (Å²) in [6.07, 6.45) is 0.924. The fourth-order valence-electron chi connectivity index (χ4n) is 4.05. The standard InChI is InChI=1S/C21H21Cl2NO5S/c1-13-3-4-18(28-2)19(9-13)30(26,27)24-7-5-21(6-8-24)12-17(25)15-10-14(22)11-16(23)20(15)29-21/h3-4,9-11H,5-8,12H2,1-2H3. The Labute approximate surface area is 185 Å². The number of Topliss-reactive ketones (excluding diaryl/α,β-unsaturated/α-hetero) is 1. The summed E-state index contributed by atoms with van der Waals surface area (Å²) in [6.45, 7) is 2.29. The first-order valence-electron chi connectivity index (χ1n) is 9.51. The molecule has 0 N–H and O–H groups in total. The van der Waals surface area contributed by atoms with E-state index in [1.54, 1.807) is 24.3 Å². The van der Waals surface area contributed by atoms with Crippen LogP contribution < -0.4 is 9.47 Å². The Balaban J connectivity index is 1.58. The molecule has 2 aliphatic rings. The van der Waals surface area contributed by atoms with E-state index < -0.39 is 15.6 Å². The summed E-state index contributed by atoms with van der Waals surface area (Å²) in [5, 5.41) is 0.657. The van der Waals surface area contributed by atoms with Gasteiger partial charge < -0.3 is 9.47 Å². The molecule has 2 heterocycles. The number of halogens is 2. The molecule has 2 aromatic carbocycles. The van der Waals surface area contributed by atoms with Gasteiger partial charge in [-0.3, -0.25) is 4.79 Å². The Morgan fingerprint density at radius 1 is 1.13 bits per heavy atom. The highest BCUT2D eigenvalue weighted by Crippen LogP contribution is 2.44. The van der Waals surface area contributed by atoms with Crippen molar-refractivity contribution in [2.45, 2.75) is 36.7 Å². The fraction of sp³-hybridized carbons (Fsp3) is 0.381.